The molecule has 0 aliphatic carbocycles. The highest BCUT2D eigenvalue weighted by molar-refractivity contribution is 6.01. The van der Waals surface area contributed by atoms with Gasteiger partial charge in [-0.25, -0.2) is 0 Å². The summed E-state index contributed by atoms with van der Waals surface area (Å²) < 4.78 is 5.65. The molecule has 3 rings (SSSR count). The topological polar surface area (TPSA) is 49.9 Å². The van der Waals surface area contributed by atoms with Crippen molar-refractivity contribution in [3.8, 4) is 5.75 Å². The molecular formula is C21H24N2O3. The highest BCUT2D eigenvalue weighted by Gasteiger charge is 2.31. The van der Waals surface area contributed by atoms with E-state index in [1.165, 1.54) is 0 Å². The maximum absolute atomic E-state index is 12.8. The molecule has 2 amide bonds. The van der Waals surface area contributed by atoms with Crippen LogP contribution in [0.3, 0.4) is 0 Å². The Morgan fingerprint density at radius 2 is 1.85 bits per heavy atom. The van der Waals surface area contributed by atoms with Crippen molar-refractivity contribution in [3.05, 3.63) is 54.1 Å². The lowest BCUT2D eigenvalue weighted by molar-refractivity contribution is -0.125. The van der Waals surface area contributed by atoms with Crippen molar-refractivity contribution in [1.29, 1.82) is 0 Å². The van der Waals surface area contributed by atoms with E-state index in [1.807, 2.05) is 62.4 Å². The van der Waals surface area contributed by atoms with Gasteiger partial charge in [-0.3, -0.25) is 9.59 Å². The molecule has 0 fully saturated rings. The van der Waals surface area contributed by atoms with Crippen LogP contribution in [0.2, 0.25) is 0 Å². The minimum absolute atomic E-state index is 0.00576. The summed E-state index contributed by atoms with van der Waals surface area (Å²) in [4.78, 5) is 28.8. The number of amides is 2. The van der Waals surface area contributed by atoms with Crippen molar-refractivity contribution in [3.63, 3.8) is 0 Å². The molecule has 2 aromatic carbocycles. The quantitative estimate of drug-likeness (QED) is 0.827. The zero-order chi connectivity index (χ0) is 18.7. The van der Waals surface area contributed by atoms with Gasteiger partial charge in [-0.05, 0) is 44.5 Å². The molecule has 5 heteroatoms. The van der Waals surface area contributed by atoms with Gasteiger partial charge in [0.25, 0.3) is 5.91 Å². The summed E-state index contributed by atoms with van der Waals surface area (Å²) in [6.45, 7) is 6.62. The predicted octanol–water partition coefficient (Wildman–Crippen LogP) is 3.55. The van der Waals surface area contributed by atoms with Crippen molar-refractivity contribution >= 4 is 23.2 Å². The highest BCUT2D eigenvalue weighted by Crippen LogP contribution is 2.33. The van der Waals surface area contributed by atoms with Crippen LogP contribution in [-0.2, 0) is 9.59 Å². The molecule has 1 heterocycles. The standard InChI is InChI=1S/C21H24N2O3/c1-4-22(17-10-6-5-9-15(17)2)20(24)13-14-23-18-11-7-8-12-19(18)26-16(3)21(23)25/h5-12,16H,4,13-14H2,1-3H3. The van der Waals surface area contributed by atoms with Crippen molar-refractivity contribution in [2.45, 2.75) is 33.3 Å². The lowest BCUT2D eigenvalue weighted by Crippen LogP contribution is -2.46. The average molecular weight is 352 g/mol. The van der Waals surface area contributed by atoms with E-state index in [9.17, 15) is 9.59 Å². The fourth-order valence-corrected chi connectivity index (χ4v) is 3.28. The monoisotopic (exact) mass is 352 g/mol. The van der Waals surface area contributed by atoms with Crippen LogP contribution in [0.1, 0.15) is 25.8 Å². The Hall–Kier alpha value is -2.82. The van der Waals surface area contributed by atoms with Crippen LogP contribution in [0.15, 0.2) is 48.5 Å². The van der Waals surface area contributed by atoms with Crippen molar-refractivity contribution in [2.75, 3.05) is 22.9 Å². The molecule has 0 saturated carbocycles. The van der Waals surface area contributed by atoms with E-state index in [1.54, 1.807) is 16.7 Å². The normalized spacial score (nSPS) is 16.0. The van der Waals surface area contributed by atoms with E-state index < -0.39 is 6.10 Å². The average Bonchev–Trinajstić information content (AvgIpc) is 2.64. The Morgan fingerprint density at radius 3 is 2.58 bits per heavy atom. The number of nitrogens with zero attached hydrogens (tertiary/aromatic N) is 2. The molecule has 0 spiro atoms. The number of hydrogen-bond acceptors (Lipinski definition) is 3. The highest BCUT2D eigenvalue weighted by atomic mass is 16.5. The molecule has 1 aliphatic heterocycles. The fraction of sp³-hybridized carbons (Fsp3) is 0.333. The number of para-hydroxylation sites is 3. The SMILES string of the molecule is CCN(C(=O)CCN1C(=O)C(C)Oc2ccccc21)c1ccccc1C. The summed E-state index contributed by atoms with van der Waals surface area (Å²) in [5.41, 5.74) is 2.70. The minimum atomic E-state index is -0.543. The lowest BCUT2D eigenvalue weighted by atomic mass is 10.1. The van der Waals surface area contributed by atoms with Crippen LogP contribution < -0.4 is 14.5 Å². The zero-order valence-corrected chi connectivity index (χ0v) is 15.4. The number of aryl methyl sites for hydroxylation is 1. The molecule has 1 aliphatic rings. The molecule has 136 valence electrons. The number of hydrogen-bond donors (Lipinski definition) is 0. The molecular weight excluding hydrogens is 328 g/mol. The van der Waals surface area contributed by atoms with Gasteiger partial charge in [-0.2, -0.15) is 0 Å². The third kappa shape index (κ3) is 3.43. The molecule has 0 saturated heterocycles. The maximum atomic E-state index is 12.8. The number of rotatable bonds is 5. The third-order valence-electron chi connectivity index (χ3n) is 4.65. The Kier molecular flexibility index (Phi) is 5.26. The summed E-state index contributed by atoms with van der Waals surface area (Å²) in [6.07, 6.45) is -0.284. The summed E-state index contributed by atoms with van der Waals surface area (Å²) in [5.74, 6) is 0.569. The summed E-state index contributed by atoms with van der Waals surface area (Å²) in [6, 6.07) is 15.3. The van der Waals surface area contributed by atoms with Crippen LogP contribution in [0.4, 0.5) is 11.4 Å². The molecule has 0 bridgehead atoms. The van der Waals surface area contributed by atoms with Crippen LogP contribution in [0.5, 0.6) is 5.75 Å². The Balaban J connectivity index is 1.76. The second-order valence-corrected chi connectivity index (χ2v) is 6.39. The number of carbonyl (C=O) groups is 2. The van der Waals surface area contributed by atoms with E-state index in [0.717, 1.165) is 16.9 Å². The first-order chi connectivity index (χ1) is 12.5. The second kappa shape index (κ2) is 7.60. The van der Waals surface area contributed by atoms with Crippen molar-refractivity contribution in [1.82, 2.24) is 0 Å². The van der Waals surface area contributed by atoms with E-state index in [2.05, 4.69) is 0 Å². The number of carbonyl (C=O) groups excluding carboxylic acids is 2. The van der Waals surface area contributed by atoms with Crippen LogP contribution >= 0.6 is 0 Å². The van der Waals surface area contributed by atoms with Crippen molar-refractivity contribution < 1.29 is 14.3 Å². The van der Waals surface area contributed by atoms with Crippen molar-refractivity contribution in [2.24, 2.45) is 0 Å². The van der Waals surface area contributed by atoms with Gasteiger partial charge in [-0.15, -0.1) is 0 Å². The second-order valence-electron chi connectivity index (χ2n) is 6.39. The largest absolute Gasteiger partial charge is 0.479 e. The van der Waals surface area contributed by atoms with Gasteiger partial charge in [0, 0.05) is 25.2 Å². The molecule has 26 heavy (non-hydrogen) atoms. The maximum Gasteiger partial charge on any atom is 0.267 e. The first kappa shape index (κ1) is 18.0. The summed E-state index contributed by atoms with van der Waals surface area (Å²) in [5, 5.41) is 0. The van der Waals surface area contributed by atoms with E-state index in [4.69, 9.17) is 4.74 Å². The third-order valence-corrected chi connectivity index (χ3v) is 4.65. The molecule has 5 nitrogen and oxygen atoms in total. The van der Waals surface area contributed by atoms with Gasteiger partial charge in [0.2, 0.25) is 5.91 Å². The Bertz CT molecular complexity index is 818. The molecule has 2 aromatic rings. The first-order valence-corrected chi connectivity index (χ1v) is 8.96. The van der Waals surface area contributed by atoms with Gasteiger partial charge in [0.05, 0.1) is 5.69 Å². The zero-order valence-electron chi connectivity index (χ0n) is 15.4. The van der Waals surface area contributed by atoms with E-state index in [0.29, 0.717) is 18.8 Å². The Labute approximate surface area is 154 Å². The molecule has 1 atom stereocenters. The van der Waals surface area contributed by atoms with Gasteiger partial charge < -0.3 is 14.5 Å². The Morgan fingerprint density at radius 1 is 1.15 bits per heavy atom. The molecule has 0 radical (unpaired) electrons. The number of anilines is 2. The minimum Gasteiger partial charge on any atom is -0.479 e. The molecule has 0 N–H and O–H groups in total. The first-order valence-electron chi connectivity index (χ1n) is 8.96. The van der Waals surface area contributed by atoms with E-state index in [-0.39, 0.29) is 18.2 Å². The molecule has 1 unspecified atom stereocenters. The number of benzene rings is 2. The van der Waals surface area contributed by atoms with Gasteiger partial charge in [-0.1, -0.05) is 30.3 Å². The predicted molar refractivity (Wildman–Crippen MR) is 103 cm³/mol. The molecule has 0 aromatic heterocycles. The van der Waals surface area contributed by atoms with Crippen LogP contribution in [0.25, 0.3) is 0 Å². The van der Waals surface area contributed by atoms with Gasteiger partial charge in [0.1, 0.15) is 5.75 Å². The van der Waals surface area contributed by atoms with E-state index >= 15 is 0 Å². The smallest absolute Gasteiger partial charge is 0.267 e. The van der Waals surface area contributed by atoms with Gasteiger partial charge in [0.15, 0.2) is 6.10 Å². The summed E-state index contributed by atoms with van der Waals surface area (Å²) >= 11 is 0. The van der Waals surface area contributed by atoms with Gasteiger partial charge >= 0.3 is 0 Å². The summed E-state index contributed by atoms with van der Waals surface area (Å²) in [7, 11) is 0. The number of fused-ring (bicyclic) bond motifs is 1. The lowest BCUT2D eigenvalue weighted by Gasteiger charge is -2.33. The fourth-order valence-electron chi connectivity index (χ4n) is 3.28. The number of ether oxygens (including phenoxy) is 1. The van der Waals surface area contributed by atoms with Crippen LogP contribution in [-0.4, -0.2) is 31.0 Å². The van der Waals surface area contributed by atoms with Crippen LogP contribution in [0, 0.1) is 6.92 Å².